The number of allylic oxidation sites excluding steroid dienone is 3. The summed E-state index contributed by atoms with van der Waals surface area (Å²) in [6.45, 7) is 8.44. The molecule has 25 heavy (non-hydrogen) atoms. The first-order valence-electron chi connectivity index (χ1n) is 9.09. The molecular formula is C21H26NOS2+. The Labute approximate surface area is 160 Å². The van der Waals surface area contributed by atoms with Crippen LogP contribution in [-0.4, -0.2) is 36.6 Å². The van der Waals surface area contributed by atoms with Crippen molar-refractivity contribution in [2.45, 2.75) is 31.9 Å². The molecule has 2 aliphatic heterocycles. The Morgan fingerprint density at radius 3 is 2.60 bits per heavy atom. The molecule has 1 fully saturated rings. The average molecular weight is 373 g/mol. The second-order valence-electron chi connectivity index (χ2n) is 7.70. The van der Waals surface area contributed by atoms with Gasteiger partial charge in [-0.1, -0.05) is 44.2 Å². The molecular weight excluding hydrogens is 346 g/mol. The van der Waals surface area contributed by atoms with Gasteiger partial charge < -0.3 is 4.74 Å². The quantitative estimate of drug-likeness (QED) is 0.559. The molecule has 1 aromatic rings. The van der Waals surface area contributed by atoms with E-state index >= 15 is 0 Å². The summed E-state index contributed by atoms with van der Waals surface area (Å²) in [6.07, 6.45) is 4.55. The zero-order valence-electron chi connectivity index (χ0n) is 15.0. The summed E-state index contributed by atoms with van der Waals surface area (Å²) in [5, 5.41) is 0.462. The number of morpholine rings is 1. The first-order chi connectivity index (χ1) is 12.0. The summed E-state index contributed by atoms with van der Waals surface area (Å²) < 4.78 is 8.05. The monoisotopic (exact) mass is 372 g/mol. The van der Waals surface area contributed by atoms with E-state index in [2.05, 4.69) is 54.8 Å². The molecule has 1 unspecified atom stereocenters. The largest absolute Gasteiger partial charge is 0.368 e. The standard InChI is InChI=1S/C21H25NOS2/c1-21(2)14-16(22-8-10-23-11-9-22)12-19-20(21)17(24)13-18(25-19)15-6-4-3-5-7-15/h3-7,12,18H,8-11,13-14H2,1-2H3/p+1. The minimum Gasteiger partial charge on any atom is -0.368 e. The number of fused-ring (bicyclic) bond motifs is 1. The molecule has 0 N–H and O–H groups in total. The van der Waals surface area contributed by atoms with Gasteiger partial charge in [-0.3, -0.25) is 0 Å². The van der Waals surface area contributed by atoms with Crippen LogP contribution in [0.3, 0.4) is 0 Å². The zero-order chi connectivity index (χ0) is 17.4. The number of thiol groups is 1. The lowest BCUT2D eigenvalue weighted by Gasteiger charge is -2.39. The number of benzene rings is 1. The van der Waals surface area contributed by atoms with Gasteiger partial charge >= 0.3 is 0 Å². The Hall–Kier alpha value is -0.970. The van der Waals surface area contributed by atoms with E-state index in [1.54, 1.807) is 0 Å². The van der Waals surface area contributed by atoms with Crippen LogP contribution in [0.5, 0.6) is 0 Å². The number of nitrogens with zero attached hydrogens (tertiary/aromatic N) is 1. The summed E-state index contributed by atoms with van der Waals surface area (Å²) in [5.41, 5.74) is 4.47. The minimum atomic E-state index is 0.142. The number of ether oxygens (including phenoxy) is 1. The smallest absolute Gasteiger partial charge is 0.178 e. The van der Waals surface area contributed by atoms with Gasteiger partial charge in [0.15, 0.2) is 18.8 Å². The maximum atomic E-state index is 5.54. The van der Waals surface area contributed by atoms with Crippen LogP contribution in [0.15, 0.2) is 51.8 Å². The third kappa shape index (κ3) is 3.49. The minimum absolute atomic E-state index is 0.142. The molecule has 0 amide bonds. The third-order valence-electron chi connectivity index (χ3n) is 5.37. The van der Waals surface area contributed by atoms with Crippen molar-refractivity contribution < 1.29 is 9.31 Å². The van der Waals surface area contributed by atoms with Crippen molar-refractivity contribution in [1.82, 2.24) is 0 Å². The van der Waals surface area contributed by atoms with Gasteiger partial charge in [-0.25, -0.2) is 4.58 Å². The van der Waals surface area contributed by atoms with Crippen molar-refractivity contribution in [2.75, 3.05) is 26.3 Å². The Kier molecular flexibility index (Phi) is 4.87. The summed E-state index contributed by atoms with van der Waals surface area (Å²) in [5.74, 6) is 0. The lowest BCUT2D eigenvalue weighted by atomic mass is 9.74. The Morgan fingerprint density at radius 1 is 1.16 bits per heavy atom. The molecule has 3 aliphatic rings. The molecule has 2 heterocycles. The van der Waals surface area contributed by atoms with Crippen LogP contribution in [0.2, 0.25) is 0 Å². The van der Waals surface area contributed by atoms with Crippen molar-refractivity contribution in [3.05, 3.63) is 57.4 Å². The van der Waals surface area contributed by atoms with Crippen molar-refractivity contribution in [3.63, 3.8) is 0 Å². The van der Waals surface area contributed by atoms with E-state index in [1.807, 2.05) is 11.8 Å². The first kappa shape index (κ1) is 17.4. The molecule has 0 saturated carbocycles. The third-order valence-corrected chi connectivity index (χ3v) is 7.07. The van der Waals surface area contributed by atoms with Crippen LogP contribution in [0.25, 0.3) is 0 Å². The van der Waals surface area contributed by atoms with Crippen LogP contribution in [0.1, 0.15) is 37.5 Å². The summed E-state index contributed by atoms with van der Waals surface area (Å²) in [4.78, 5) is 2.69. The molecule has 4 rings (SSSR count). The normalized spacial score (nSPS) is 26.4. The van der Waals surface area contributed by atoms with Crippen molar-refractivity contribution in [1.29, 1.82) is 0 Å². The fourth-order valence-corrected chi connectivity index (χ4v) is 6.53. The number of thioether (sulfide) groups is 1. The van der Waals surface area contributed by atoms with Crippen LogP contribution in [0, 0.1) is 5.41 Å². The van der Waals surface area contributed by atoms with E-state index in [-0.39, 0.29) is 5.41 Å². The molecule has 0 aromatic heterocycles. The van der Waals surface area contributed by atoms with Gasteiger partial charge in [0.2, 0.25) is 0 Å². The summed E-state index contributed by atoms with van der Waals surface area (Å²) >= 11 is 6.96. The maximum Gasteiger partial charge on any atom is 0.178 e. The Morgan fingerprint density at radius 2 is 1.88 bits per heavy atom. The van der Waals surface area contributed by atoms with Crippen LogP contribution < -0.4 is 0 Å². The van der Waals surface area contributed by atoms with Crippen LogP contribution >= 0.6 is 24.4 Å². The van der Waals surface area contributed by atoms with Crippen LogP contribution in [-0.2, 0) is 4.74 Å². The second kappa shape index (κ2) is 6.98. The van der Waals surface area contributed by atoms with Gasteiger partial charge in [0.25, 0.3) is 0 Å². The summed E-state index contributed by atoms with van der Waals surface area (Å²) in [6, 6.07) is 10.8. The highest BCUT2D eigenvalue weighted by Gasteiger charge is 2.40. The Balaban J connectivity index is 1.74. The molecule has 1 saturated heterocycles. The topological polar surface area (TPSA) is 12.2 Å². The maximum absolute atomic E-state index is 5.54. The van der Waals surface area contributed by atoms with Crippen molar-refractivity contribution in [2.24, 2.45) is 5.41 Å². The van der Waals surface area contributed by atoms with E-state index < -0.39 is 0 Å². The van der Waals surface area contributed by atoms with E-state index in [9.17, 15) is 0 Å². The van der Waals surface area contributed by atoms with E-state index in [4.69, 9.17) is 17.4 Å². The highest BCUT2D eigenvalue weighted by Crippen LogP contribution is 2.56. The van der Waals surface area contributed by atoms with Gasteiger partial charge in [0.05, 0.1) is 0 Å². The SMILES string of the molecule is CC1(C)CC(=[N+]2CCOCC2)C=C2SC(c3ccccc3)CC(S)=C21. The van der Waals surface area contributed by atoms with E-state index in [1.165, 1.54) is 26.7 Å². The second-order valence-corrected chi connectivity index (χ2v) is 9.49. The summed E-state index contributed by atoms with van der Waals surface area (Å²) in [7, 11) is 0. The molecule has 1 aliphatic carbocycles. The van der Waals surface area contributed by atoms with E-state index in [0.29, 0.717) is 5.25 Å². The van der Waals surface area contributed by atoms with Gasteiger partial charge in [-0.2, -0.15) is 0 Å². The van der Waals surface area contributed by atoms with Gasteiger partial charge in [0, 0.05) is 28.1 Å². The fraction of sp³-hybridized carbons (Fsp3) is 0.476. The molecule has 0 bridgehead atoms. The predicted molar refractivity (Wildman–Crippen MR) is 110 cm³/mol. The van der Waals surface area contributed by atoms with Gasteiger partial charge in [-0.15, -0.1) is 24.4 Å². The number of rotatable bonds is 1. The van der Waals surface area contributed by atoms with Gasteiger partial charge in [0.1, 0.15) is 13.2 Å². The fourth-order valence-electron chi connectivity index (χ4n) is 4.15. The van der Waals surface area contributed by atoms with Crippen molar-refractivity contribution in [3.8, 4) is 0 Å². The molecule has 2 nitrogen and oxygen atoms in total. The number of hydrogen-bond acceptors (Lipinski definition) is 3. The van der Waals surface area contributed by atoms with E-state index in [0.717, 1.165) is 39.1 Å². The lowest BCUT2D eigenvalue weighted by Crippen LogP contribution is -2.37. The molecule has 1 aromatic carbocycles. The van der Waals surface area contributed by atoms with Crippen molar-refractivity contribution >= 4 is 30.1 Å². The van der Waals surface area contributed by atoms with Gasteiger partial charge in [-0.05, 0) is 22.5 Å². The molecule has 4 heteroatoms. The molecule has 1 atom stereocenters. The Bertz CT molecular complexity index is 753. The first-order valence-corrected chi connectivity index (χ1v) is 10.4. The molecule has 132 valence electrons. The zero-order valence-corrected chi connectivity index (χ0v) is 16.7. The highest BCUT2D eigenvalue weighted by atomic mass is 32.2. The average Bonchev–Trinajstić information content (AvgIpc) is 2.61. The predicted octanol–water partition coefficient (Wildman–Crippen LogP) is 4.85. The molecule has 0 radical (unpaired) electrons. The lowest BCUT2D eigenvalue weighted by molar-refractivity contribution is -0.549. The van der Waals surface area contributed by atoms with Crippen LogP contribution in [0.4, 0.5) is 0 Å². The number of hydrogen-bond donors (Lipinski definition) is 1. The highest BCUT2D eigenvalue weighted by molar-refractivity contribution is 8.03. The molecule has 0 spiro atoms.